The van der Waals surface area contributed by atoms with Crippen LogP contribution in [0.1, 0.15) is 30.1 Å². The molecule has 0 aromatic heterocycles. The van der Waals surface area contributed by atoms with Crippen LogP contribution >= 0.6 is 0 Å². The van der Waals surface area contributed by atoms with E-state index in [1.165, 1.54) is 19.2 Å². The molecule has 0 spiro atoms. The largest absolute Gasteiger partial charge is 0.469 e. The van der Waals surface area contributed by atoms with Gasteiger partial charge in [0.05, 0.1) is 13.2 Å². The number of aliphatic hydroxyl groups excluding tert-OH is 1. The number of hydrogen-bond acceptors (Lipinski definition) is 3. The van der Waals surface area contributed by atoms with Gasteiger partial charge < -0.3 is 9.84 Å². The lowest BCUT2D eigenvalue weighted by Gasteiger charge is -2.11. The van der Waals surface area contributed by atoms with Crippen LogP contribution in [0.25, 0.3) is 0 Å². The van der Waals surface area contributed by atoms with Crippen LogP contribution in [0.5, 0.6) is 0 Å². The average Bonchev–Trinajstić information content (AvgIpc) is 2.29. The maximum absolute atomic E-state index is 13.0. The first-order chi connectivity index (χ1) is 7.54. The second-order valence-electron chi connectivity index (χ2n) is 3.64. The molecule has 0 fully saturated rings. The molecule has 1 unspecified atom stereocenters. The molecule has 0 saturated heterocycles. The van der Waals surface area contributed by atoms with Gasteiger partial charge in [0.2, 0.25) is 0 Å². The van der Waals surface area contributed by atoms with Gasteiger partial charge in [-0.1, -0.05) is 12.1 Å². The molecule has 0 heterocycles. The Morgan fingerprint density at radius 2 is 2.25 bits per heavy atom. The van der Waals surface area contributed by atoms with Gasteiger partial charge >= 0.3 is 5.97 Å². The fraction of sp³-hybridized carbons (Fsp3) is 0.417. The zero-order chi connectivity index (χ0) is 12.1. The number of halogens is 1. The minimum Gasteiger partial charge on any atom is -0.469 e. The van der Waals surface area contributed by atoms with Crippen LogP contribution in [-0.2, 0) is 9.53 Å². The van der Waals surface area contributed by atoms with Gasteiger partial charge in [-0.25, -0.2) is 4.39 Å². The van der Waals surface area contributed by atoms with Crippen molar-refractivity contribution < 1.29 is 19.0 Å². The first-order valence-corrected chi connectivity index (χ1v) is 5.05. The number of rotatable bonds is 4. The number of carbonyl (C=O) groups excluding carboxylic acids is 1. The highest BCUT2D eigenvalue weighted by Gasteiger charge is 2.11. The highest BCUT2D eigenvalue weighted by atomic mass is 19.1. The molecule has 0 aliphatic heterocycles. The Morgan fingerprint density at radius 1 is 1.56 bits per heavy atom. The number of ether oxygens (including phenoxy) is 1. The fourth-order valence-electron chi connectivity index (χ4n) is 1.40. The first-order valence-electron chi connectivity index (χ1n) is 5.05. The molecule has 1 atom stereocenters. The Balaban J connectivity index is 2.62. The van der Waals surface area contributed by atoms with Gasteiger partial charge in [-0.15, -0.1) is 0 Å². The van der Waals surface area contributed by atoms with Crippen molar-refractivity contribution in [3.63, 3.8) is 0 Å². The third-order valence-electron chi connectivity index (χ3n) is 2.42. The number of aliphatic hydroxyl groups is 1. The molecule has 1 aromatic carbocycles. The van der Waals surface area contributed by atoms with Crippen LogP contribution < -0.4 is 0 Å². The fourth-order valence-corrected chi connectivity index (χ4v) is 1.40. The zero-order valence-electron chi connectivity index (χ0n) is 9.37. The van der Waals surface area contributed by atoms with E-state index >= 15 is 0 Å². The Labute approximate surface area is 93.9 Å². The van der Waals surface area contributed by atoms with E-state index in [1.807, 2.05) is 0 Å². The van der Waals surface area contributed by atoms with Gasteiger partial charge in [-0.2, -0.15) is 0 Å². The topological polar surface area (TPSA) is 46.5 Å². The van der Waals surface area contributed by atoms with E-state index < -0.39 is 6.10 Å². The Morgan fingerprint density at radius 3 is 2.81 bits per heavy atom. The van der Waals surface area contributed by atoms with Gasteiger partial charge in [0.15, 0.2) is 0 Å². The van der Waals surface area contributed by atoms with Crippen molar-refractivity contribution in [3.05, 3.63) is 35.1 Å². The quantitative estimate of drug-likeness (QED) is 0.800. The molecule has 0 saturated carbocycles. The minimum atomic E-state index is -0.765. The van der Waals surface area contributed by atoms with Crippen LogP contribution in [0.4, 0.5) is 4.39 Å². The highest BCUT2D eigenvalue weighted by Crippen LogP contribution is 2.20. The summed E-state index contributed by atoms with van der Waals surface area (Å²) in [5.41, 5.74) is 1.09. The lowest BCUT2D eigenvalue weighted by Crippen LogP contribution is -2.05. The number of aryl methyl sites for hydroxylation is 1. The Kier molecular flexibility index (Phi) is 4.43. The highest BCUT2D eigenvalue weighted by molar-refractivity contribution is 5.69. The zero-order valence-corrected chi connectivity index (χ0v) is 9.37. The molecule has 0 aliphatic carbocycles. The summed E-state index contributed by atoms with van der Waals surface area (Å²) in [5, 5.41) is 9.75. The van der Waals surface area contributed by atoms with Crippen LogP contribution in [0.3, 0.4) is 0 Å². The molecule has 0 radical (unpaired) electrons. The third kappa shape index (κ3) is 3.31. The molecule has 0 amide bonds. The first kappa shape index (κ1) is 12.6. The summed E-state index contributed by atoms with van der Waals surface area (Å²) in [5.74, 6) is -0.665. The van der Waals surface area contributed by atoms with Crippen LogP contribution in [0.2, 0.25) is 0 Å². The molecule has 16 heavy (non-hydrogen) atoms. The van der Waals surface area contributed by atoms with Crippen molar-refractivity contribution in [1.29, 1.82) is 0 Å². The van der Waals surface area contributed by atoms with E-state index in [-0.39, 0.29) is 24.6 Å². The summed E-state index contributed by atoms with van der Waals surface area (Å²) in [4.78, 5) is 10.9. The predicted molar refractivity (Wildman–Crippen MR) is 57.3 cm³/mol. The number of hydrogen-bond donors (Lipinski definition) is 1. The number of methoxy groups -OCH3 is 1. The molecule has 88 valence electrons. The average molecular weight is 226 g/mol. The Hall–Kier alpha value is -1.42. The van der Waals surface area contributed by atoms with Crippen molar-refractivity contribution in [3.8, 4) is 0 Å². The van der Waals surface area contributed by atoms with Gasteiger partial charge in [0.25, 0.3) is 0 Å². The Bertz CT molecular complexity index is 377. The van der Waals surface area contributed by atoms with E-state index in [1.54, 1.807) is 13.0 Å². The van der Waals surface area contributed by atoms with E-state index in [4.69, 9.17) is 0 Å². The summed E-state index contributed by atoms with van der Waals surface area (Å²) >= 11 is 0. The summed E-state index contributed by atoms with van der Waals surface area (Å²) < 4.78 is 17.4. The summed E-state index contributed by atoms with van der Waals surface area (Å²) in [6, 6.07) is 4.41. The molecule has 4 heteroatoms. The van der Waals surface area contributed by atoms with E-state index in [9.17, 15) is 14.3 Å². The normalized spacial score (nSPS) is 12.2. The molecule has 1 aromatic rings. The van der Waals surface area contributed by atoms with E-state index in [0.717, 1.165) is 0 Å². The maximum Gasteiger partial charge on any atom is 0.305 e. The summed E-state index contributed by atoms with van der Waals surface area (Å²) in [6.45, 7) is 1.63. The SMILES string of the molecule is COC(=O)CCC(O)c1ccc(F)c(C)c1. The van der Waals surface area contributed by atoms with Crippen molar-refractivity contribution in [1.82, 2.24) is 0 Å². The second-order valence-corrected chi connectivity index (χ2v) is 3.64. The van der Waals surface area contributed by atoms with Gasteiger partial charge in [0.1, 0.15) is 5.82 Å². The number of esters is 1. The smallest absolute Gasteiger partial charge is 0.305 e. The van der Waals surface area contributed by atoms with Crippen LogP contribution in [-0.4, -0.2) is 18.2 Å². The third-order valence-corrected chi connectivity index (χ3v) is 2.42. The summed E-state index contributed by atoms with van der Waals surface area (Å²) in [7, 11) is 1.30. The van der Waals surface area contributed by atoms with E-state index in [2.05, 4.69) is 4.74 Å². The lowest BCUT2D eigenvalue weighted by molar-refractivity contribution is -0.141. The molecule has 0 bridgehead atoms. The molecule has 3 nitrogen and oxygen atoms in total. The standard InChI is InChI=1S/C12H15FO3/c1-8-7-9(3-4-10(8)13)11(14)5-6-12(15)16-2/h3-4,7,11,14H,5-6H2,1-2H3. The monoisotopic (exact) mass is 226 g/mol. The minimum absolute atomic E-state index is 0.147. The van der Waals surface area contributed by atoms with Crippen molar-refractivity contribution in [2.75, 3.05) is 7.11 Å². The van der Waals surface area contributed by atoms with Crippen LogP contribution in [0, 0.1) is 12.7 Å². The van der Waals surface area contributed by atoms with Crippen molar-refractivity contribution in [2.24, 2.45) is 0 Å². The second kappa shape index (κ2) is 5.61. The maximum atomic E-state index is 13.0. The van der Waals surface area contributed by atoms with Gasteiger partial charge in [-0.05, 0) is 30.5 Å². The number of carbonyl (C=O) groups is 1. The van der Waals surface area contributed by atoms with Crippen molar-refractivity contribution in [2.45, 2.75) is 25.9 Å². The summed E-state index contributed by atoms with van der Waals surface area (Å²) in [6.07, 6.45) is -0.343. The predicted octanol–water partition coefficient (Wildman–Crippen LogP) is 2.12. The molecule has 1 N–H and O–H groups in total. The van der Waals surface area contributed by atoms with Gasteiger partial charge in [0, 0.05) is 6.42 Å². The molecule has 1 rings (SSSR count). The number of benzene rings is 1. The van der Waals surface area contributed by atoms with E-state index in [0.29, 0.717) is 11.1 Å². The molecular weight excluding hydrogens is 211 g/mol. The lowest BCUT2D eigenvalue weighted by atomic mass is 10.0. The van der Waals surface area contributed by atoms with Gasteiger partial charge in [-0.3, -0.25) is 4.79 Å². The molecule has 0 aliphatic rings. The van der Waals surface area contributed by atoms with Crippen LogP contribution in [0.15, 0.2) is 18.2 Å². The van der Waals surface area contributed by atoms with Crippen molar-refractivity contribution >= 4 is 5.97 Å². The molecular formula is C12H15FO3.